The second-order valence-corrected chi connectivity index (χ2v) is 8.27. The lowest BCUT2D eigenvalue weighted by Gasteiger charge is -2.06. The van der Waals surface area contributed by atoms with E-state index in [2.05, 4.69) is 20.0 Å². The maximum atomic E-state index is 12.4. The van der Waals surface area contributed by atoms with Crippen LogP contribution in [-0.2, 0) is 27.8 Å². The highest BCUT2D eigenvalue weighted by atomic mass is 32.2. The maximum absolute atomic E-state index is 12.4. The molecule has 8 nitrogen and oxygen atoms in total. The van der Waals surface area contributed by atoms with E-state index in [0.29, 0.717) is 18.0 Å². The topological polar surface area (TPSA) is 110 Å². The van der Waals surface area contributed by atoms with Crippen molar-refractivity contribution in [2.75, 3.05) is 11.8 Å². The standard InChI is InChI=1S/C18H18N4O4S2/c1-26-15-2-4-16(5-3-15)28(24,25)22-18-21-14(12-27-18)10-17(23)20-11-13-6-8-19-9-7-13/h2-9,12H,10-11H2,1H3,(H,20,23)(H,21,22). The predicted molar refractivity (Wildman–Crippen MR) is 106 cm³/mol. The molecule has 0 unspecified atom stereocenters. The van der Waals surface area contributed by atoms with Gasteiger partial charge >= 0.3 is 0 Å². The first kappa shape index (κ1) is 19.8. The van der Waals surface area contributed by atoms with E-state index < -0.39 is 10.0 Å². The van der Waals surface area contributed by atoms with Crippen LogP contribution in [0.1, 0.15) is 11.3 Å². The fourth-order valence-electron chi connectivity index (χ4n) is 2.29. The van der Waals surface area contributed by atoms with Gasteiger partial charge < -0.3 is 10.1 Å². The summed E-state index contributed by atoms with van der Waals surface area (Å²) in [4.78, 5) is 20.2. The monoisotopic (exact) mass is 418 g/mol. The van der Waals surface area contributed by atoms with Crippen LogP contribution in [0.2, 0.25) is 0 Å². The molecule has 3 rings (SSSR count). The molecule has 10 heteroatoms. The number of amides is 1. The first-order valence-corrected chi connectivity index (χ1v) is 10.6. The minimum absolute atomic E-state index is 0.0614. The molecule has 1 amide bonds. The lowest BCUT2D eigenvalue weighted by atomic mass is 10.2. The number of sulfonamides is 1. The van der Waals surface area contributed by atoms with Gasteiger partial charge in [0.05, 0.1) is 24.1 Å². The number of nitrogens with zero attached hydrogens (tertiary/aromatic N) is 2. The second kappa shape index (κ2) is 8.81. The summed E-state index contributed by atoms with van der Waals surface area (Å²) < 4.78 is 32.3. The molecular weight excluding hydrogens is 400 g/mol. The van der Waals surface area contributed by atoms with Crippen molar-refractivity contribution >= 4 is 32.4 Å². The summed E-state index contributed by atoms with van der Waals surface area (Å²) >= 11 is 1.12. The van der Waals surface area contributed by atoms with Crippen molar-refractivity contribution in [3.63, 3.8) is 0 Å². The van der Waals surface area contributed by atoms with E-state index in [0.717, 1.165) is 16.9 Å². The molecule has 2 heterocycles. The molecule has 3 aromatic rings. The fraction of sp³-hybridized carbons (Fsp3) is 0.167. The molecule has 0 atom stereocenters. The molecule has 146 valence electrons. The van der Waals surface area contributed by atoms with Crippen LogP contribution in [0.25, 0.3) is 0 Å². The highest BCUT2D eigenvalue weighted by Crippen LogP contribution is 2.22. The van der Waals surface area contributed by atoms with E-state index in [1.807, 2.05) is 12.1 Å². The number of nitrogens with one attached hydrogen (secondary N) is 2. The average Bonchev–Trinajstić information content (AvgIpc) is 3.13. The van der Waals surface area contributed by atoms with E-state index in [1.165, 1.54) is 19.2 Å². The Kier molecular flexibility index (Phi) is 6.22. The molecule has 0 bridgehead atoms. The number of aromatic nitrogens is 2. The smallest absolute Gasteiger partial charge is 0.263 e. The van der Waals surface area contributed by atoms with Crippen LogP contribution in [0.5, 0.6) is 5.75 Å². The van der Waals surface area contributed by atoms with Crippen LogP contribution in [0.3, 0.4) is 0 Å². The van der Waals surface area contributed by atoms with Gasteiger partial charge in [0.2, 0.25) is 5.91 Å². The van der Waals surface area contributed by atoms with Crippen LogP contribution >= 0.6 is 11.3 Å². The van der Waals surface area contributed by atoms with Crippen molar-refractivity contribution in [2.45, 2.75) is 17.9 Å². The third kappa shape index (κ3) is 5.27. The normalized spacial score (nSPS) is 11.0. The maximum Gasteiger partial charge on any atom is 0.263 e. The van der Waals surface area contributed by atoms with Crippen molar-refractivity contribution in [3.8, 4) is 5.75 Å². The predicted octanol–water partition coefficient (Wildman–Crippen LogP) is 2.21. The SMILES string of the molecule is COc1ccc(S(=O)(=O)Nc2nc(CC(=O)NCc3ccncc3)cs2)cc1. The summed E-state index contributed by atoms with van der Waals surface area (Å²) in [5.41, 5.74) is 1.43. The Balaban J connectivity index is 1.57. The van der Waals surface area contributed by atoms with Crippen molar-refractivity contribution in [1.29, 1.82) is 0 Å². The Hall–Kier alpha value is -2.98. The van der Waals surface area contributed by atoms with E-state index in [-0.39, 0.29) is 22.4 Å². The Bertz CT molecular complexity index is 1030. The Labute approximate surface area is 166 Å². The zero-order valence-corrected chi connectivity index (χ0v) is 16.6. The highest BCUT2D eigenvalue weighted by molar-refractivity contribution is 7.93. The fourth-order valence-corrected chi connectivity index (χ4v) is 4.26. The van der Waals surface area contributed by atoms with Gasteiger partial charge in [-0.3, -0.25) is 14.5 Å². The number of carbonyl (C=O) groups is 1. The van der Waals surface area contributed by atoms with Crippen molar-refractivity contribution < 1.29 is 17.9 Å². The summed E-state index contributed by atoms with van der Waals surface area (Å²) in [6.07, 6.45) is 3.37. The molecule has 0 radical (unpaired) electrons. The van der Waals surface area contributed by atoms with E-state index >= 15 is 0 Å². The first-order valence-electron chi connectivity index (χ1n) is 8.23. The van der Waals surface area contributed by atoms with Gasteiger partial charge in [-0.1, -0.05) is 0 Å². The Morgan fingerprint density at radius 2 is 1.86 bits per heavy atom. The van der Waals surface area contributed by atoms with Crippen LogP contribution in [0.4, 0.5) is 5.13 Å². The summed E-state index contributed by atoms with van der Waals surface area (Å²) in [7, 11) is -2.26. The zero-order chi connectivity index (χ0) is 20.0. The molecule has 28 heavy (non-hydrogen) atoms. The highest BCUT2D eigenvalue weighted by Gasteiger charge is 2.17. The first-order chi connectivity index (χ1) is 13.5. The lowest BCUT2D eigenvalue weighted by molar-refractivity contribution is -0.120. The number of benzene rings is 1. The van der Waals surface area contributed by atoms with Gasteiger partial charge in [-0.05, 0) is 42.0 Å². The van der Waals surface area contributed by atoms with Crippen LogP contribution in [-0.4, -0.2) is 31.4 Å². The van der Waals surface area contributed by atoms with E-state index in [9.17, 15) is 13.2 Å². The van der Waals surface area contributed by atoms with Gasteiger partial charge in [0.1, 0.15) is 5.75 Å². The van der Waals surface area contributed by atoms with Crippen molar-refractivity contribution in [1.82, 2.24) is 15.3 Å². The molecule has 2 N–H and O–H groups in total. The molecule has 0 saturated heterocycles. The van der Waals surface area contributed by atoms with Gasteiger partial charge in [-0.15, -0.1) is 11.3 Å². The van der Waals surface area contributed by atoms with Gasteiger partial charge in [0, 0.05) is 24.3 Å². The largest absolute Gasteiger partial charge is 0.497 e. The summed E-state index contributed by atoms with van der Waals surface area (Å²) in [5.74, 6) is 0.361. The van der Waals surface area contributed by atoms with Gasteiger partial charge in [0.25, 0.3) is 10.0 Å². The van der Waals surface area contributed by atoms with E-state index in [1.54, 1.807) is 29.9 Å². The minimum Gasteiger partial charge on any atom is -0.497 e. The molecular formula is C18H18N4O4S2. The zero-order valence-electron chi connectivity index (χ0n) is 15.0. The van der Waals surface area contributed by atoms with Gasteiger partial charge in [-0.25, -0.2) is 13.4 Å². The third-order valence-corrected chi connectivity index (χ3v) is 6.01. The number of ether oxygens (including phenoxy) is 1. The summed E-state index contributed by atoms with van der Waals surface area (Å²) in [6.45, 7) is 0.391. The molecule has 0 spiro atoms. The Morgan fingerprint density at radius 1 is 1.14 bits per heavy atom. The molecule has 0 aliphatic carbocycles. The molecule has 2 aromatic heterocycles. The summed E-state index contributed by atoms with van der Waals surface area (Å²) in [6, 6.07) is 9.65. The second-order valence-electron chi connectivity index (χ2n) is 5.73. The molecule has 0 fully saturated rings. The average molecular weight is 419 g/mol. The molecule has 0 aliphatic rings. The molecule has 0 aliphatic heterocycles. The van der Waals surface area contributed by atoms with Crippen LogP contribution < -0.4 is 14.8 Å². The number of pyridine rings is 1. The van der Waals surface area contributed by atoms with Gasteiger partial charge in [-0.2, -0.15) is 0 Å². The Morgan fingerprint density at radius 3 is 2.54 bits per heavy atom. The number of rotatable bonds is 8. The number of thiazole rings is 1. The van der Waals surface area contributed by atoms with Gasteiger partial charge in [0.15, 0.2) is 5.13 Å². The third-order valence-electron chi connectivity index (χ3n) is 3.72. The van der Waals surface area contributed by atoms with Crippen molar-refractivity contribution in [3.05, 3.63) is 65.4 Å². The van der Waals surface area contributed by atoms with E-state index in [4.69, 9.17) is 4.74 Å². The number of hydrogen-bond donors (Lipinski definition) is 2. The number of carbonyl (C=O) groups excluding carboxylic acids is 1. The quantitative estimate of drug-likeness (QED) is 0.580. The summed E-state index contributed by atoms with van der Waals surface area (Å²) in [5, 5.41) is 4.64. The van der Waals surface area contributed by atoms with Crippen molar-refractivity contribution in [2.24, 2.45) is 0 Å². The van der Waals surface area contributed by atoms with Crippen LogP contribution in [0, 0.1) is 0 Å². The minimum atomic E-state index is -3.76. The number of hydrogen-bond acceptors (Lipinski definition) is 7. The molecule has 1 aromatic carbocycles. The number of anilines is 1. The lowest BCUT2D eigenvalue weighted by Crippen LogP contribution is -2.24. The molecule has 0 saturated carbocycles. The van der Waals surface area contributed by atoms with Crippen LogP contribution in [0.15, 0.2) is 59.1 Å². The number of methoxy groups -OCH3 is 1.